The van der Waals surface area contributed by atoms with Crippen molar-refractivity contribution in [2.24, 2.45) is 0 Å². The van der Waals surface area contributed by atoms with Crippen molar-refractivity contribution < 1.29 is 12.6 Å². The molecule has 0 fully saturated rings. The number of hydrogen-bond donors (Lipinski definition) is 0. The average Bonchev–Trinajstić information content (AvgIpc) is 2.27. The summed E-state index contributed by atoms with van der Waals surface area (Å²) in [5.41, 5.74) is 0. The highest BCUT2D eigenvalue weighted by Crippen LogP contribution is 2.19. The fraction of sp³-hybridized carbons (Fsp3) is 1.00. The molecule has 0 unspecified atom stereocenters. The summed E-state index contributed by atoms with van der Waals surface area (Å²) < 4.78 is 28.0. The monoisotopic (exact) mass is 250 g/mol. The predicted octanol–water partition coefficient (Wildman–Crippen LogP) is 3.49. The molecular weight excluding hydrogens is 224 g/mol. The van der Waals surface area contributed by atoms with Crippen LogP contribution in [0.25, 0.3) is 0 Å². The van der Waals surface area contributed by atoms with E-state index in [0.717, 1.165) is 51.4 Å². The van der Waals surface area contributed by atoms with Gasteiger partial charge in [0.1, 0.15) is 0 Å². The molecule has 0 aliphatic rings. The molecule has 0 bridgehead atoms. The molecule has 4 heteroatoms. The van der Waals surface area contributed by atoms with E-state index in [1.807, 2.05) is 0 Å². The van der Waals surface area contributed by atoms with Gasteiger partial charge in [0.15, 0.2) is 0 Å². The molecule has 0 atom stereocenters. The van der Waals surface area contributed by atoms with E-state index >= 15 is 0 Å². The second-order valence-electron chi connectivity index (χ2n) is 4.27. The fourth-order valence-electron chi connectivity index (χ4n) is 1.81. The number of hydrogen-bond acceptors (Lipinski definition) is 3. The average molecular weight is 250 g/mol. The first kappa shape index (κ1) is 15.9. The summed E-state index contributed by atoms with van der Waals surface area (Å²) in [4.78, 5) is 0. The molecule has 0 aromatic carbocycles. The largest absolute Gasteiger partial charge is 0.273 e. The molecule has 0 spiro atoms. The van der Waals surface area contributed by atoms with Crippen molar-refractivity contribution in [2.45, 2.75) is 70.5 Å². The van der Waals surface area contributed by atoms with E-state index in [2.05, 4.69) is 18.0 Å². The molecule has 0 aromatic rings. The maximum Gasteiger partial charge on any atom is 0.269 e. The number of unbranched alkanes of at least 4 members (excludes halogenated alkanes) is 4. The second-order valence-corrected chi connectivity index (χ2v) is 6.26. The van der Waals surface area contributed by atoms with E-state index in [4.69, 9.17) is 0 Å². The standard InChI is InChI=1S/C12H26O3S/c1-4-6-8-10-12(11-9-7-5-2)16(13,14)15-3/h12H,4-11H2,1-3H3. The van der Waals surface area contributed by atoms with Gasteiger partial charge in [-0.3, -0.25) is 4.18 Å². The molecule has 0 amide bonds. The molecule has 0 rings (SSSR count). The highest BCUT2D eigenvalue weighted by atomic mass is 32.2. The molecule has 16 heavy (non-hydrogen) atoms. The highest BCUT2D eigenvalue weighted by Gasteiger charge is 2.23. The van der Waals surface area contributed by atoms with Crippen LogP contribution in [0.4, 0.5) is 0 Å². The molecule has 3 nitrogen and oxygen atoms in total. The van der Waals surface area contributed by atoms with Crippen molar-refractivity contribution in [2.75, 3.05) is 7.11 Å². The molecule has 0 aromatic heterocycles. The third-order valence-corrected chi connectivity index (χ3v) is 4.65. The second kappa shape index (κ2) is 8.99. The minimum atomic E-state index is -3.32. The summed E-state index contributed by atoms with van der Waals surface area (Å²) in [5, 5.41) is -0.296. The summed E-state index contributed by atoms with van der Waals surface area (Å²) in [5.74, 6) is 0. The van der Waals surface area contributed by atoms with E-state index in [1.165, 1.54) is 7.11 Å². The third-order valence-electron chi connectivity index (χ3n) is 2.90. The van der Waals surface area contributed by atoms with E-state index in [0.29, 0.717) is 0 Å². The Bertz CT molecular complexity index is 237. The fourth-order valence-corrected chi connectivity index (χ4v) is 3.00. The highest BCUT2D eigenvalue weighted by molar-refractivity contribution is 7.87. The Balaban J connectivity index is 4.16. The Hall–Kier alpha value is -0.0900. The van der Waals surface area contributed by atoms with Crippen LogP contribution in [0.15, 0.2) is 0 Å². The smallest absolute Gasteiger partial charge is 0.269 e. The van der Waals surface area contributed by atoms with Gasteiger partial charge in [0.2, 0.25) is 0 Å². The first-order valence-corrected chi connectivity index (χ1v) is 7.85. The Kier molecular flexibility index (Phi) is 8.94. The van der Waals surface area contributed by atoms with Gasteiger partial charge in [-0.2, -0.15) is 8.42 Å². The SMILES string of the molecule is CCCCCC(CCCCC)S(=O)(=O)OC. The molecule has 0 N–H and O–H groups in total. The van der Waals surface area contributed by atoms with Crippen LogP contribution in [0.5, 0.6) is 0 Å². The van der Waals surface area contributed by atoms with Crippen LogP contribution >= 0.6 is 0 Å². The maximum atomic E-state index is 11.7. The van der Waals surface area contributed by atoms with Gasteiger partial charge in [-0.15, -0.1) is 0 Å². The van der Waals surface area contributed by atoms with Gasteiger partial charge in [0.25, 0.3) is 10.1 Å². The molecule has 0 radical (unpaired) electrons. The van der Waals surface area contributed by atoms with E-state index in [-0.39, 0.29) is 5.25 Å². The van der Waals surface area contributed by atoms with Crippen molar-refractivity contribution in [3.63, 3.8) is 0 Å². The van der Waals surface area contributed by atoms with Crippen LogP contribution in [-0.4, -0.2) is 20.8 Å². The Morgan fingerprint density at radius 2 is 1.38 bits per heavy atom. The van der Waals surface area contributed by atoms with Crippen LogP contribution < -0.4 is 0 Å². The van der Waals surface area contributed by atoms with Gasteiger partial charge in [0, 0.05) is 0 Å². The Labute approximate surface area is 101 Å². The lowest BCUT2D eigenvalue weighted by atomic mass is 10.1. The molecule has 0 aliphatic carbocycles. The van der Waals surface area contributed by atoms with Crippen molar-refractivity contribution >= 4 is 10.1 Å². The Morgan fingerprint density at radius 3 is 1.69 bits per heavy atom. The van der Waals surface area contributed by atoms with Crippen molar-refractivity contribution in [1.29, 1.82) is 0 Å². The van der Waals surface area contributed by atoms with Gasteiger partial charge in [-0.05, 0) is 12.8 Å². The molecule has 0 saturated heterocycles. The molecular formula is C12H26O3S. The van der Waals surface area contributed by atoms with Gasteiger partial charge < -0.3 is 0 Å². The van der Waals surface area contributed by atoms with Crippen molar-refractivity contribution in [3.05, 3.63) is 0 Å². The Morgan fingerprint density at radius 1 is 0.938 bits per heavy atom. The van der Waals surface area contributed by atoms with Gasteiger partial charge in [-0.1, -0.05) is 52.4 Å². The zero-order valence-corrected chi connectivity index (χ0v) is 11.7. The third kappa shape index (κ3) is 6.48. The van der Waals surface area contributed by atoms with Crippen LogP contribution in [0.1, 0.15) is 65.2 Å². The maximum absolute atomic E-state index is 11.7. The van der Waals surface area contributed by atoms with Crippen molar-refractivity contribution in [1.82, 2.24) is 0 Å². The lowest BCUT2D eigenvalue weighted by molar-refractivity contribution is 0.377. The number of rotatable bonds is 10. The first-order valence-electron chi connectivity index (χ1n) is 6.37. The minimum absolute atomic E-state index is 0.296. The van der Waals surface area contributed by atoms with Crippen LogP contribution in [0, 0.1) is 0 Å². The molecule has 0 aliphatic heterocycles. The van der Waals surface area contributed by atoms with E-state index in [1.54, 1.807) is 0 Å². The summed E-state index contributed by atoms with van der Waals surface area (Å²) in [6, 6.07) is 0. The zero-order valence-electron chi connectivity index (χ0n) is 10.9. The van der Waals surface area contributed by atoms with Gasteiger partial charge in [0.05, 0.1) is 12.4 Å². The summed E-state index contributed by atoms with van der Waals surface area (Å²) >= 11 is 0. The summed E-state index contributed by atoms with van der Waals surface area (Å²) in [7, 11) is -2.06. The molecule has 0 saturated carbocycles. The lowest BCUT2D eigenvalue weighted by Crippen LogP contribution is -2.22. The first-order chi connectivity index (χ1) is 7.58. The molecule has 98 valence electrons. The lowest BCUT2D eigenvalue weighted by Gasteiger charge is -2.15. The van der Waals surface area contributed by atoms with Gasteiger partial charge in [-0.25, -0.2) is 0 Å². The van der Waals surface area contributed by atoms with E-state index < -0.39 is 10.1 Å². The van der Waals surface area contributed by atoms with Gasteiger partial charge >= 0.3 is 0 Å². The molecule has 0 heterocycles. The van der Waals surface area contributed by atoms with Crippen LogP contribution in [0.2, 0.25) is 0 Å². The van der Waals surface area contributed by atoms with Crippen LogP contribution in [-0.2, 0) is 14.3 Å². The summed E-state index contributed by atoms with van der Waals surface area (Å²) in [6.07, 6.45) is 7.89. The topological polar surface area (TPSA) is 43.4 Å². The quantitative estimate of drug-likeness (QED) is 0.440. The van der Waals surface area contributed by atoms with Crippen LogP contribution in [0.3, 0.4) is 0 Å². The van der Waals surface area contributed by atoms with E-state index in [9.17, 15) is 8.42 Å². The predicted molar refractivity (Wildman–Crippen MR) is 68.0 cm³/mol. The minimum Gasteiger partial charge on any atom is -0.273 e. The summed E-state index contributed by atoms with van der Waals surface area (Å²) in [6.45, 7) is 4.24. The van der Waals surface area contributed by atoms with Crippen molar-refractivity contribution in [3.8, 4) is 0 Å². The normalized spacial score (nSPS) is 12.2. The zero-order chi connectivity index (χ0) is 12.4.